The Balaban J connectivity index is 1.69. The highest BCUT2D eigenvalue weighted by Gasteiger charge is 2.34. The van der Waals surface area contributed by atoms with E-state index in [1.165, 1.54) is 12.1 Å². The van der Waals surface area contributed by atoms with Crippen molar-refractivity contribution >= 4 is 27.5 Å². The van der Waals surface area contributed by atoms with Crippen molar-refractivity contribution in [2.75, 3.05) is 10.8 Å². The molecule has 4 rings (SSSR count). The lowest BCUT2D eigenvalue weighted by atomic mass is 10.1. The van der Waals surface area contributed by atoms with Crippen LogP contribution >= 0.6 is 0 Å². The molecule has 1 atom stereocenters. The first kappa shape index (κ1) is 28.4. The summed E-state index contributed by atoms with van der Waals surface area (Å²) in [6, 6.07) is 23.8. The van der Waals surface area contributed by atoms with Crippen LogP contribution in [0, 0.1) is 6.92 Å². The van der Waals surface area contributed by atoms with Gasteiger partial charge in [0.15, 0.2) is 0 Å². The maximum Gasteiger partial charge on any atom is 0.264 e. The van der Waals surface area contributed by atoms with E-state index >= 15 is 0 Å². The number of nitrogens with zero attached hydrogens (tertiary/aromatic N) is 2. The molecule has 1 N–H and O–H groups in total. The fourth-order valence-electron chi connectivity index (χ4n) is 5.10. The van der Waals surface area contributed by atoms with E-state index in [4.69, 9.17) is 0 Å². The first-order valence-corrected chi connectivity index (χ1v) is 15.0. The number of rotatable bonds is 11. The van der Waals surface area contributed by atoms with Crippen LogP contribution in [-0.4, -0.2) is 43.8 Å². The highest BCUT2D eigenvalue weighted by molar-refractivity contribution is 7.92. The molecule has 1 saturated carbocycles. The van der Waals surface area contributed by atoms with Gasteiger partial charge in [-0.25, -0.2) is 8.42 Å². The zero-order chi connectivity index (χ0) is 27.8. The third kappa shape index (κ3) is 6.87. The summed E-state index contributed by atoms with van der Waals surface area (Å²) in [6.45, 7) is 3.62. The van der Waals surface area contributed by atoms with E-state index in [1.54, 1.807) is 53.4 Å². The Morgan fingerprint density at radius 2 is 1.49 bits per heavy atom. The second kappa shape index (κ2) is 12.9. The van der Waals surface area contributed by atoms with Crippen LogP contribution < -0.4 is 9.62 Å². The van der Waals surface area contributed by atoms with Gasteiger partial charge in [-0.2, -0.15) is 0 Å². The zero-order valence-electron chi connectivity index (χ0n) is 22.6. The van der Waals surface area contributed by atoms with E-state index in [9.17, 15) is 18.0 Å². The fraction of sp³-hybridized carbons (Fsp3) is 0.355. The van der Waals surface area contributed by atoms with Crippen LogP contribution in [0.2, 0.25) is 0 Å². The average molecular weight is 548 g/mol. The first-order chi connectivity index (χ1) is 18.8. The highest BCUT2D eigenvalue weighted by Crippen LogP contribution is 2.25. The standard InChI is InChI=1S/C31H37N3O4S/c1-3-29(31(36)32-26-16-12-13-17-26)33(22-25-15-11-10-14-24(25)2)30(35)23-34(27-18-6-4-7-19-27)39(37,38)28-20-8-5-9-21-28/h4-11,14-15,18-21,26,29H,3,12-13,16-17,22-23H2,1-2H3,(H,32,36). The molecule has 206 valence electrons. The van der Waals surface area contributed by atoms with E-state index in [0.717, 1.165) is 41.1 Å². The summed E-state index contributed by atoms with van der Waals surface area (Å²) >= 11 is 0. The van der Waals surface area contributed by atoms with Crippen molar-refractivity contribution in [1.29, 1.82) is 0 Å². The van der Waals surface area contributed by atoms with Gasteiger partial charge in [-0.15, -0.1) is 0 Å². The van der Waals surface area contributed by atoms with E-state index in [1.807, 2.05) is 38.1 Å². The molecular formula is C31H37N3O4S. The minimum absolute atomic E-state index is 0.0955. The molecule has 0 bridgehead atoms. The van der Waals surface area contributed by atoms with Gasteiger partial charge in [0.25, 0.3) is 10.0 Å². The van der Waals surface area contributed by atoms with Crippen molar-refractivity contribution in [1.82, 2.24) is 10.2 Å². The maximum atomic E-state index is 14.1. The van der Waals surface area contributed by atoms with E-state index in [0.29, 0.717) is 12.1 Å². The fourth-order valence-corrected chi connectivity index (χ4v) is 6.54. The Morgan fingerprint density at radius 3 is 2.10 bits per heavy atom. The largest absolute Gasteiger partial charge is 0.352 e. The minimum atomic E-state index is -4.05. The molecule has 0 heterocycles. The molecule has 0 saturated heterocycles. The van der Waals surface area contributed by atoms with Crippen molar-refractivity contribution in [3.63, 3.8) is 0 Å². The molecule has 0 aromatic heterocycles. The smallest absolute Gasteiger partial charge is 0.264 e. The summed E-state index contributed by atoms with van der Waals surface area (Å²) in [5.74, 6) is -0.626. The molecule has 1 aliphatic rings. The van der Waals surface area contributed by atoms with Crippen LogP contribution in [0.1, 0.15) is 50.2 Å². The number of carbonyl (C=O) groups excluding carboxylic acids is 2. The molecule has 7 nitrogen and oxygen atoms in total. The van der Waals surface area contributed by atoms with Crippen molar-refractivity contribution in [2.24, 2.45) is 0 Å². The van der Waals surface area contributed by atoms with Crippen molar-refractivity contribution in [2.45, 2.75) is 69.5 Å². The number of benzene rings is 3. The molecule has 8 heteroatoms. The van der Waals surface area contributed by atoms with E-state index < -0.39 is 28.5 Å². The minimum Gasteiger partial charge on any atom is -0.352 e. The van der Waals surface area contributed by atoms with Gasteiger partial charge in [0.1, 0.15) is 12.6 Å². The number of sulfonamides is 1. The highest BCUT2D eigenvalue weighted by atomic mass is 32.2. The third-order valence-electron chi connectivity index (χ3n) is 7.34. The molecule has 1 aliphatic carbocycles. The lowest BCUT2D eigenvalue weighted by Gasteiger charge is -2.34. The maximum absolute atomic E-state index is 14.1. The summed E-state index contributed by atoms with van der Waals surface area (Å²) < 4.78 is 28.7. The number of nitrogens with one attached hydrogen (secondary N) is 1. The molecule has 0 aliphatic heterocycles. The van der Waals surface area contributed by atoms with Crippen LogP contribution in [0.5, 0.6) is 0 Å². The Hall–Kier alpha value is -3.65. The quantitative estimate of drug-likeness (QED) is 0.364. The van der Waals surface area contributed by atoms with Crippen molar-refractivity contribution in [3.8, 4) is 0 Å². The first-order valence-electron chi connectivity index (χ1n) is 13.6. The number of hydrogen-bond donors (Lipinski definition) is 1. The van der Waals surface area contributed by atoms with Gasteiger partial charge in [-0.05, 0) is 61.6 Å². The topological polar surface area (TPSA) is 86.8 Å². The molecule has 0 radical (unpaired) electrons. The molecular weight excluding hydrogens is 510 g/mol. The predicted octanol–water partition coefficient (Wildman–Crippen LogP) is 5.06. The molecule has 2 amide bonds. The summed E-state index contributed by atoms with van der Waals surface area (Å²) in [6.07, 6.45) is 4.44. The molecule has 39 heavy (non-hydrogen) atoms. The Labute approximate surface area is 231 Å². The Kier molecular flexibility index (Phi) is 9.41. The van der Waals surface area contributed by atoms with Gasteiger partial charge in [0.2, 0.25) is 11.8 Å². The Bertz CT molecular complexity index is 1360. The summed E-state index contributed by atoms with van der Waals surface area (Å²) in [7, 11) is -4.05. The molecule has 3 aromatic rings. The van der Waals surface area contributed by atoms with Gasteiger partial charge in [0, 0.05) is 12.6 Å². The molecule has 0 spiro atoms. The average Bonchev–Trinajstić information content (AvgIpc) is 3.46. The zero-order valence-corrected chi connectivity index (χ0v) is 23.4. The van der Waals surface area contributed by atoms with E-state index in [2.05, 4.69) is 5.32 Å². The number of amides is 2. The monoisotopic (exact) mass is 547 g/mol. The summed E-state index contributed by atoms with van der Waals surface area (Å²) in [4.78, 5) is 29.2. The second-order valence-corrected chi connectivity index (χ2v) is 11.9. The number of hydrogen-bond acceptors (Lipinski definition) is 4. The lowest BCUT2D eigenvalue weighted by molar-refractivity contribution is -0.140. The van der Waals surface area contributed by atoms with Crippen LogP contribution in [-0.2, 0) is 26.2 Å². The second-order valence-electron chi connectivity index (χ2n) is 10.0. The molecule has 3 aromatic carbocycles. The molecule has 1 unspecified atom stereocenters. The SMILES string of the molecule is CCC(C(=O)NC1CCCC1)N(Cc1ccccc1C)C(=O)CN(c1ccccc1)S(=O)(=O)c1ccccc1. The number of carbonyl (C=O) groups is 2. The van der Waals surface area contributed by atoms with Crippen molar-refractivity contribution < 1.29 is 18.0 Å². The number of para-hydroxylation sites is 1. The van der Waals surface area contributed by atoms with Crippen LogP contribution in [0.3, 0.4) is 0 Å². The van der Waals surface area contributed by atoms with Gasteiger partial charge in [0.05, 0.1) is 10.6 Å². The van der Waals surface area contributed by atoms with Crippen LogP contribution in [0.15, 0.2) is 89.8 Å². The third-order valence-corrected chi connectivity index (χ3v) is 9.13. The number of aryl methyl sites for hydroxylation is 1. The van der Waals surface area contributed by atoms with Crippen molar-refractivity contribution in [3.05, 3.63) is 96.1 Å². The summed E-state index contributed by atoms with van der Waals surface area (Å²) in [5, 5.41) is 3.14. The predicted molar refractivity (Wildman–Crippen MR) is 154 cm³/mol. The number of anilines is 1. The van der Waals surface area contributed by atoms with Gasteiger partial charge >= 0.3 is 0 Å². The van der Waals surface area contributed by atoms with E-state index in [-0.39, 0.29) is 23.4 Å². The molecule has 1 fully saturated rings. The van der Waals surface area contributed by atoms with Crippen LogP contribution in [0.25, 0.3) is 0 Å². The normalized spacial score (nSPS) is 14.5. The van der Waals surface area contributed by atoms with Gasteiger partial charge < -0.3 is 10.2 Å². The lowest BCUT2D eigenvalue weighted by Crippen LogP contribution is -2.53. The summed E-state index contributed by atoms with van der Waals surface area (Å²) in [5.41, 5.74) is 2.29. The van der Waals surface area contributed by atoms with Crippen LogP contribution in [0.4, 0.5) is 5.69 Å². The van der Waals surface area contributed by atoms with Gasteiger partial charge in [-0.3, -0.25) is 13.9 Å². The van der Waals surface area contributed by atoms with Gasteiger partial charge in [-0.1, -0.05) is 80.4 Å². The Morgan fingerprint density at radius 1 is 0.897 bits per heavy atom.